The van der Waals surface area contributed by atoms with Gasteiger partial charge in [-0.25, -0.2) is 9.97 Å². The van der Waals surface area contributed by atoms with Crippen LogP contribution >= 0.6 is 0 Å². The number of aromatic nitrogens is 2. The molecule has 1 rings (SSSR count). The Labute approximate surface area is 96.1 Å². The molecule has 1 unspecified atom stereocenters. The Morgan fingerprint density at radius 2 is 2.12 bits per heavy atom. The number of ketones is 1. The monoisotopic (exact) mass is 222 g/mol. The maximum atomic E-state index is 11.5. The van der Waals surface area contributed by atoms with E-state index in [1.165, 1.54) is 6.33 Å². The topological polar surface area (TPSA) is 52.1 Å². The molecule has 0 amide bonds. The molecule has 4 heteroatoms. The fraction of sp³-hybridized carbons (Fsp3) is 0.583. The van der Waals surface area contributed by atoms with Gasteiger partial charge in [-0.1, -0.05) is 6.92 Å². The molecule has 0 aliphatic heterocycles. The van der Waals surface area contributed by atoms with E-state index in [4.69, 9.17) is 4.74 Å². The van der Waals surface area contributed by atoms with E-state index in [2.05, 4.69) is 9.97 Å². The van der Waals surface area contributed by atoms with Crippen molar-refractivity contribution in [1.82, 2.24) is 9.97 Å². The summed E-state index contributed by atoms with van der Waals surface area (Å²) >= 11 is 0. The van der Waals surface area contributed by atoms with Crippen molar-refractivity contribution in [2.45, 2.75) is 40.0 Å². The largest absolute Gasteiger partial charge is 0.478 e. The van der Waals surface area contributed by atoms with E-state index in [1.54, 1.807) is 6.92 Å². The van der Waals surface area contributed by atoms with Gasteiger partial charge in [0.2, 0.25) is 5.88 Å². The number of hydrogen-bond donors (Lipinski definition) is 0. The molecule has 0 radical (unpaired) electrons. The van der Waals surface area contributed by atoms with Gasteiger partial charge in [-0.05, 0) is 27.2 Å². The summed E-state index contributed by atoms with van der Waals surface area (Å²) in [5.74, 6) is 0.557. The number of rotatable bonds is 5. The first kappa shape index (κ1) is 12.6. The predicted molar refractivity (Wildman–Crippen MR) is 61.7 cm³/mol. The van der Waals surface area contributed by atoms with Gasteiger partial charge in [-0.2, -0.15) is 0 Å². The standard InChI is InChI=1S/C12H18N2O2/c1-5-10(9(4)15)11-8(3)12(16-6-2)14-7-13-11/h7,10H,5-6H2,1-4H3. The number of nitrogens with zero attached hydrogens (tertiary/aromatic N) is 2. The summed E-state index contributed by atoms with van der Waals surface area (Å²) in [6.07, 6.45) is 2.21. The molecule has 0 aromatic carbocycles. The maximum Gasteiger partial charge on any atom is 0.219 e. The lowest BCUT2D eigenvalue weighted by Crippen LogP contribution is -2.13. The highest BCUT2D eigenvalue weighted by molar-refractivity contribution is 5.83. The minimum absolute atomic E-state index is 0.131. The Bertz CT molecular complexity index is 377. The number of Topliss-reactive ketones (excluding diaryl/α,β-unsaturated/α-hetero) is 1. The van der Waals surface area contributed by atoms with Crippen molar-refractivity contribution in [3.8, 4) is 5.88 Å². The molecular weight excluding hydrogens is 204 g/mol. The Kier molecular flexibility index (Phi) is 4.40. The highest BCUT2D eigenvalue weighted by Gasteiger charge is 2.20. The van der Waals surface area contributed by atoms with Gasteiger partial charge in [-0.15, -0.1) is 0 Å². The van der Waals surface area contributed by atoms with Gasteiger partial charge in [0.15, 0.2) is 0 Å². The Morgan fingerprint density at radius 1 is 1.44 bits per heavy atom. The third kappa shape index (κ3) is 2.56. The van der Waals surface area contributed by atoms with Crippen LogP contribution in [0.15, 0.2) is 6.33 Å². The van der Waals surface area contributed by atoms with Crippen molar-refractivity contribution in [3.63, 3.8) is 0 Å². The molecular formula is C12H18N2O2. The third-order valence-electron chi connectivity index (χ3n) is 2.59. The molecule has 0 bridgehead atoms. The molecule has 88 valence electrons. The van der Waals surface area contributed by atoms with Gasteiger partial charge >= 0.3 is 0 Å². The molecule has 16 heavy (non-hydrogen) atoms. The van der Waals surface area contributed by atoms with E-state index >= 15 is 0 Å². The van der Waals surface area contributed by atoms with E-state index < -0.39 is 0 Å². The average Bonchev–Trinajstić information content (AvgIpc) is 2.24. The van der Waals surface area contributed by atoms with Crippen LogP contribution in [0, 0.1) is 6.92 Å². The summed E-state index contributed by atoms with van der Waals surface area (Å²) in [4.78, 5) is 19.8. The zero-order valence-corrected chi connectivity index (χ0v) is 10.3. The number of carbonyl (C=O) groups is 1. The van der Waals surface area contributed by atoms with Crippen LogP contribution in [0.2, 0.25) is 0 Å². The van der Waals surface area contributed by atoms with Crippen molar-refractivity contribution in [3.05, 3.63) is 17.6 Å². The van der Waals surface area contributed by atoms with Gasteiger partial charge in [0.1, 0.15) is 12.1 Å². The summed E-state index contributed by atoms with van der Waals surface area (Å²) in [7, 11) is 0. The van der Waals surface area contributed by atoms with Crippen LogP contribution in [0.3, 0.4) is 0 Å². The Balaban J connectivity index is 3.12. The van der Waals surface area contributed by atoms with Gasteiger partial charge in [0.05, 0.1) is 18.2 Å². The van der Waals surface area contributed by atoms with Gasteiger partial charge < -0.3 is 4.74 Å². The zero-order chi connectivity index (χ0) is 12.1. The first-order valence-electron chi connectivity index (χ1n) is 5.56. The van der Waals surface area contributed by atoms with Crippen LogP contribution in [0.4, 0.5) is 0 Å². The van der Waals surface area contributed by atoms with Crippen LogP contribution in [0.1, 0.15) is 44.4 Å². The smallest absolute Gasteiger partial charge is 0.219 e. The number of ether oxygens (including phenoxy) is 1. The third-order valence-corrected chi connectivity index (χ3v) is 2.59. The lowest BCUT2D eigenvalue weighted by molar-refractivity contribution is -0.118. The molecule has 0 aliphatic rings. The molecule has 0 aliphatic carbocycles. The second kappa shape index (κ2) is 5.58. The number of hydrogen-bond acceptors (Lipinski definition) is 4. The van der Waals surface area contributed by atoms with E-state index in [-0.39, 0.29) is 11.7 Å². The van der Waals surface area contributed by atoms with Crippen LogP contribution in [-0.4, -0.2) is 22.4 Å². The molecule has 1 heterocycles. The van der Waals surface area contributed by atoms with Crippen molar-refractivity contribution in [2.24, 2.45) is 0 Å². The highest BCUT2D eigenvalue weighted by atomic mass is 16.5. The average molecular weight is 222 g/mol. The normalized spacial score (nSPS) is 12.2. The van der Waals surface area contributed by atoms with Crippen LogP contribution in [0.25, 0.3) is 0 Å². The first-order chi connectivity index (χ1) is 7.61. The fourth-order valence-electron chi connectivity index (χ4n) is 1.75. The van der Waals surface area contributed by atoms with Gasteiger partial charge in [0.25, 0.3) is 0 Å². The minimum atomic E-state index is -0.151. The summed E-state index contributed by atoms with van der Waals surface area (Å²) in [5.41, 5.74) is 1.65. The van der Waals surface area contributed by atoms with Crippen molar-refractivity contribution in [1.29, 1.82) is 0 Å². The molecule has 0 spiro atoms. The lowest BCUT2D eigenvalue weighted by Gasteiger charge is -2.15. The fourth-order valence-corrected chi connectivity index (χ4v) is 1.75. The molecule has 0 N–H and O–H groups in total. The SMILES string of the molecule is CCOc1ncnc(C(CC)C(C)=O)c1C. The summed E-state index contributed by atoms with van der Waals surface area (Å²) in [6, 6.07) is 0. The zero-order valence-electron chi connectivity index (χ0n) is 10.3. The Morgan fingerprint density at radius 3 is 2.62 bits per heavy atom. The summed E-state index contributed by atoms with van der Waals surface area (Å²) in [6.45, 7) is 7.94. The molecule has 1 aromatic heterocycles. The van der Waals surface area contributed by atoms with Gasteiger partial charge in [0, 0.05) is 5.56 Å². The summed E-state index contributed by atoms with van der Waals surface area (Å²) in [5, 5.41) is 0. The quantitative estimate of drug-likeness (QED) is 0.766. The van der Waals surface area contributed by atoms with E-state index in [9.17, 15) is 4.79 Å². The Hall–Kier alpha value is -1.45. The molecule has 1 aromatic rings. The van der Waals surface area contributed by atoms with E-state index in [0.29, 0.717) is 12.5 Å². The second-order valence-corrected chi connectivity index (χ2v) is 3.69. The lowest BCUT2D eigenvalue weighted by atomic mass is 9.95. The summed E-state index contributed by atoms with van der Waals surface area (Å²) < 4.78 is 5.39. The maximum absolute atomic E-state index is 11.5. The van der Waals surface area contributed by atoms with Crippen molar-refractivity contribution >= 4 is 5.78 Å². The van der Waals surface area contributed by atoms with Crippen molar-refractivity contribution < 1.29 is 9.53 Å². The van der Waals surface area contributed by atoms with Gasteiger partial charge in [-0.3, -0.25) is 4.79 Å². The van der Waals surface area contributed by atoms with E-state index in [0.717, 1.165) is 17.7 Å². The molecule has 1 atom stereocenters. The molecule has 0 saturated heterocycles. The molecule has 4 nitrogen and oxygen atoms in total. The molecule has 0 fully saturated rings. The number of carbonyl (C=O) groups excluding carboxylic acids is 1. The first-order valence-corrected chi connectivity index (χ1v) is 5.56. The minimum Gasteiger partial charge on any atom is -0.478 e. The van der Waals surface area contributed by atoms with Crippen LogP contribution in [0.5, 0.6) is 5.88 Å². The van der Waals surface area contributed by atoms with Crippen molar-refractivity contribution in [2.75, 3.05) is 6.61 Å². The molecule has 0 saturated carbocycles. The van der Waals surface area contributed by atoms with Crippen LogP contribution in [-0.2, 0) is 4.79 Å². The van der Waals surface area contributed by atoms with E-state index in [1.807, 2.05) is 20.8 Å². The predicted octanol–water partition coefficient (Wildman–Crippen LogP) is 2.27. The second-order valence-electron chi connectivity index (χ2n) is 3.69. The van der Waals surface area contributed by atoms with Crippen LogP contribution < -0.4 is 4.74 Å². The highest BCUT2D eigenvalue weighted by Crippen LogP contribution is 2.26.